The van der Waals surface area contributed by atoms with Gasteiger partial charge >= 0.3 is 0 Å². The average molecular weight is 189 g/mol. The van der Waals surface area contributed by atoms with E-state index in [2.05, 4.69) is 5.32 Å². The Morgan fingerprint density at radius 2 is 2.15 bits per heavy atom. The molecule has 0 bridgehead atoms. The summed E-state index contributed by atoms with van der Waals surface area (Å²) in [6.45, 7) is 2.00. The zero-order valence-corrected chi connectivity index (χ0v) is 7.52. The van der Waals surface area contributed by atoms with Crippen LogP contribution in [-0.2, 0) is 4.79 Å². The molecule has 4 heteroatoms. The van der Waals surface area contributed by atoms with Crippen LogP contribution in [0.1, 0.15) is 26.2 Å². The molecule has 2 saturated carbocycles. The maximum atomic E-state index is 12.8. The molecule has 74 valence electrons. The van der Waals surface area contributed by atoms with Crippen molar-refractivity contribution in [2.24, 2.45) is 11.8 Å². The molecule has 2 fully saturated rings. The van der Waals surface area contributed by atoms with Crippen LogP contribution in [0, 0.1) is 11.8 Å². The fourth-order valence-corrected chi connectivity index (χ4v) is 1.64. The van der Waals surface area contributed by atoms with Crippen molar-refractivity contribution in [1.29, 1.82) is 0 Å². The molecule has 0 saturated heterocycles. The maximum Gasteiger partial charge on any atom is 0.259 e. The molecule has 2 rings (SSSR count). The van der Waals surface area contributed by atoms with Gasteiger partial charge in [-0.25, -0.2) is 8.78 Å². The van der Waals surface area contributed by atoms with E-state index in [1.807, 2.05) is 6.92 Å². The normalized spacial score (nSPS) is 40.7. The van der Waals surface area contributed by atoms with E-state index >= 15 is 0 Å². The van der Waals surface area contributed by atoms with Crippen LogP contribution in [0.25, 0.3) is 0 Å². The van der Waals surface area contributed by atoms with Crippen LogP contribution in [0.4, 0.5) is 8.78 Å². The summed E-state index contributed by atoms with van der Waals surface area (Å²) in [6.07, 6.45) is 1.13. The third kappa shape index (κ3) is 1.54. The lowest BCUT2D eigenvalue weighted by atomic mass is 9.80. The van der Waals surface area contributed by atoms with E-state index in [0.717, 1.165) is 6.42 Å². The Labute approximate surface area is 75.7 Å². The SMILES string of the molecule is CC1CC1NC(=O)C1CCC1(F)F. The highest BCUT2D eigenvalue weighted by Gasteiger charge is 2.53. The number of carbonyl (C=O) groups is 1. The minimum Gasteiger partial charge on any atom is -0.353 e. The first-order chi connectivity index (χ1) is 6.00. The van der Waals surface area contributed by atoms with Crippen molar-refractivity contribution in [2.45, 2.75) is 38.2 Å². The van der Waals surface area contributed by atoms with Gasteiger partial charge < -0.3 is 5.32 Å². The summed E-state index contributed by atoms with van der Waals surface area (Å²) < 4.78 is 25.5. The highest BCUT2D eigenvalue weighted by Crippen LogP contribution is 2.44. The number of halogens is 2. The van der Waals surface area contributed by atoms with Gasteiger partial charge in [0.25, 0.3) is 5.92 Å². The molecule has 2 nitrogen and oxygen atoms in total. The lowest BCUT2D eigenvalue weighted by Crippen LogP contribution is -2.49. The van der Waals surface area contributed by atoms with Crippen LogP contribution >= 0.6 is 0 Å². The summed E-state index contributed by atoms with van der Waals surface area (Å²) in [5.41, 5.74) is 0. The number of carbonyl (C=O) groups excluding carboxylic acids is 1. The second-order valence-electron chi connectivity index (χ2n) is 4.18. The molecule has 0 aromatic rings. The molecule has 0 spiro atoms. The number of alkyl halides is 2. The van der Waals surface area contributed by atoms with Crippen LogP contribution in [0.3, 0.4) is 0 Å². The topological polar surface area (TPSA) is 29.1 Å². The fraction of sp³-hybridized carbons (Fsp3) is 0.889. The molecule has 0 heterocycles. The Balaban J connectivity index is 1.84. The molecule has 3 unspecified atom stereocenters. The Hall–Kier alpha value is -0.670. The van der Waals surface area contributed by atoms with Gasteiger partial charge in [-0.15, -0.1) is 0 Å². The van der Waals surface area contributed by atoms with Gasteiger partial charge in [-0.3, -0.25) is 4.79 Å². The highest BCUT2D eigenvalue weighted by molar-refractivity contribution is 5.81. The minimum atomic E-state index is -2.75. The van der Waals surface area contributed by atoms with Crippen LogP contribution in [0.2, 0.25) is 0 Å². The van der Waals surface area contributed by atoms with Crippen molar-refractivity contribution < 1.29 is 13.6 Å². The summed E-state index contributed by atoms with van der Waals surface area (Å²) in [5.74, 6) is -3.79. The third-order valence-corrected chi connectivity index (χ3v) is 3.03. The number of amides is 1. The second-order valence-corrected chi connectivity index (χ2v) is 4.18. The fourth-order valence-electron chi connectivity index (χ4n) is 1.64. The van der Waals surface area contributed by atoms with Crippen molar-refractivity contribution in [3.05, 3.63) is 0 Å². The largest absolute Gasteiger partial charge is 0.353 e. The summed E-state index contributed by atoms with van der Waals surface area (Å²) in [6, 6.07) is 0.156. The van der Waals surface area contributed by atoms with Crippen molar-refractivity contribution in [3.63, 3.8) is 0 Å². The van der Waals surface area contributed by atoms with Crippen LogP contribution in [-0.4, -0.2) is 17.9 Å². The summed E-state index contributed by atoms with van der Waals surface area (Å²) in [7, 11) is 0. The van der Waals surface area contributed by atoms with Gasteiger partial charge in [-0.05, 0) is 18.8 Å². The van der Waals surface area contributed by atoms with Gasteiger partial charge in [0, 0.05) is 12.5 Å². The maximum absolute atomic E-state index is 12.8. The molecule has 3 atom stereocenters. The zero-order chi connectivity index (χ0) is 9.64. The summed E-state index contributed by atoms with van der Waals surface area (Å²) >= 11 is 0. The van der Waals surface area contributed by atoms with E-state index < -0.39 is 17.7 Å². The quantitative estimate of drug-likeness (QED) is 0.701. The molecule has 0 radical (unpaired) electrons. The van der Waals surface area contributed by atoms with Gasteiger partial charge in [0.2, 0.25) is 5.91 Å². The number of rotatable bonds is 2. The molecule has 2 aliphatic carbocycles. The second kappa shape index (κ2) is 2.66. The first kappa shape index (κ1) is 8.91. The van der Waals surface area contributed by atoms with Gasteiger partial charge in [-0.2, -0.15) is 0 Å². The summed E-state index contributed by atoms with van der Waals surface area (Å²) in [5, 5.41) is 2.64. The zero-order valence-electron chi connectivity index (χ0n) is 7.52. The van der Waals surface area contributed by atoms with Crippen molar-refractivity contribution >= 4 is 5.91 Å². The van der Waals surface area contributed by atoms with Gasteiger partial charge in [-0.1, -0.05) is 6.92 Å². The molecule has 13 heavy (non-hydrogen) atoms. The Morgan fingerprint density at radius 3 is 2.46 bits per heavy atom. The Bertz CT molecular complexity index is 242. The molecule has 0 aromatic heterocycles. The smallest absolute Gasteiger partial charge is 0.259 e. The third-order valence-electron chi connectivity index (χ3n) is 3.03. The molecule has 1 amide bonds. The Kier molecular flexibility index (Phi) is 1.82. The first-order valence-corrected chi connectivity index (χ1v) is 4.69. The lowest BCUT2D eigenvalue weighted by Gasteiger charge is -2.34. The number of hydrogen-bond donors (Lipinski definition) is 1. The molecule has 1 N–H and O–H groups in total. The predicted molar refractivity (Wildman–Crippen MR) is 43.4 cm³/mol. The van der Waals surface area contributed by atoms with Gasteiger partial charge in [0.05, 0.1) is 0 Å². The van der Waals surface area contributed by atoms with Crippen molar-refractivity contribution in [3.8, 4) is 0 Å². The van der Waals surface area contributed by atoms with E-state index in [1.165, 1.54) is 0 Å². The minimum absolute atomic E-state index is 0.134. The van der Waals surface area contributed by atoms with Crippen LogP contribution in [0.5, 0.6) is 0 Å². The van der Waals surface area contributed by atoms with Gasteiger partial charge in [0.1, 0.15) is 5.92 Å². The van der Waals surface area contributed by atoms with E-state index in [9.17, 15) is 13.6 Å². The van der Waals surface area contributed by atoms with E-state index in [4.69, 9.17) is 0 Å². The number of nitrogens with one attached hydrogen (secondary N) is 1. The standard InChI is InChI=1S/C9H13F2NO/c1-5-4-7(5)12-8(13)6-2-3-9(6,10)11/h5-7H,2-4H2,1H3,(H,12,13). The molecule has 0 aliphatic heterocycles. The van der Waals surface area contributed by atoms with Crippen molar-refractivity contribution in [1.82, 2.24) is 5.32 Å². The van der Waals surface area contributed by atoms with E-state index in [0.29, 0.717) is 12.3 Å². The first-order valence-electron chi connectivity index (χ1n) is 4.69. The Morgan fingerprint density at radius 1 is 1.54 bits per heavy atom. The van der Waals surface area contributed by atoms with Crippen LogP contribution < -0.4 is 5.32 Å². The number of hydrogen-bond acceptors (Lipinski definition) is 1. The molecule has 0 aromatic carbocycles. The lowest BCUT2D eigenvalue weighted by molar-refractivity contribution is -0.162. The van der Waals surface area contributed by atoms with Gasteiger partial charge in [0.15, 0.2) is 0 Å². The van der Waals surface area contributed by atoms with Crippen molar-refractivity contribution in [2.75, 3.05) is 0 Å². The van der Waals surface area contributed by atoms with Crippen LogP contribution in [0.15, 0.2) is 0 Å². The molecular formula is C9H13F2NO. The molecular weight excluding hydrogens is 176 g/mol. The van der Waals surface area contributed by atoms with E-state index in [-0.39, 0.29) is 12.5 Å². The highest BCUT2D eigenvalue weighted by atomic mass is 19.3. The molecule has 2 aliphatic rings. The summed E-state index contributed by atoms with van der Waals surface area (Å²) in [4.78, 5) is 11.2. The van der Waals surface area contributed by atoms with E-state index in [1.54, 1.807) is 0 Å². The predicted octanol–water partition coefficient (Wildman–Crippen LogP) is 1.56. The monoisotopic (exact) mass is 189 g/mol. The average Bonchev–Trinajstić information content (AvgIpc) is 2.64.